The molecule has 0 heterocycles. The molecule has 3 heteroatoms. The number of rotatable bonds is 3. The lowest BCUT2D eigenvalue weighted by Crippen LogP contribution is -2.15. The molecule has 0 fully saturated rings. The molecule has 0 aliphatic rings. The predicted octanol–water partition coefficient (Wildman–Crippen LogP) is 0.931. The van der Waals surface area contributed by atoms with Gasteiger partial charge in [0.05, 0.1) is 0 Å². The van der Waals surface area contributed by atoms with Crippen LogP contribution in [0, 0.1) is 5.21 Å². The van der Waals surface area contributed by atoms with Crippen molar-refractivity contribution in [3.05, 3.63) is 41.1 Å². The second-order valence-electron chi connectivity index (χ2n) is 2.53. The standard InChI is InChI=1S/C9H11NO2/c1-10(12)9(7-11)8-5-3-2-4-6-8/h2-6,9,11H,1,7H2/t9-/m0/s1. The van der Waals surface area contributed by atoms with Crippen LogP contribution in [-0.4, -0.2) is 23.2 Å². The molecule has 3 nitrogen and oxygen atoms in total. The van der Waals surface area contributed by atoms with Gasteiger partial charge >= 0.3 is 0 Å². The van der Waals surface area contributed by atoms with Crippen LogP contribution in [0.2, 0.25) is 0 Å². The van der Waals surface area contributed by atoms with Crippen molar-refractivity contribution in [3.63, 3.8) is 0 Å². The third-order valence-corrected chi connectivity index (χ3v) is 1.70. The fourth-order valence-corrected chi connectivity index (χ4v) is 1.04. The van der Waals surface area contributed by atoms with Crippen molar-refractivity contribution < 1.29 is 9.85 Å². The Kier molecular flexibility index (Phi) is 2.82. The van der Waals surface area contributed by atoms with Crippen LogP contribution in [0.1, 0.15) is 11.6 Å². The summed E-state index contributed by atoms with van der Waals surface area (Å²) in [6, 6.07) is 8.53. The van der Waals surface area contributed by atoms with Gasteiger partial charge in [-0.1, -0.05) is 30.3 Å². The summed E-state index contributed by atoms with van der Waals surface area (Å²) in [6.07, 6.45) is 0. The molecular formula is C9H11NO2. The molecule has 1 aromatic rings. The molecule has 12 heavy (non-hydrogen) atoms. The number of hydroxylamine groups is 1. The maximum Gasteiger partial charge on any atom is 0.210 e. The molecule has 0 aromatic heterocycles. The van der Waals surface area contributed by atoms with E-state index in [0.29, 0.717) is 4.74 Å². The number of aliphatic hydroxyl groups is 1. The summed E-state index contributed by atoms with van der Waals surface area (Å²) >= 11 is 0. The molecular weight excluding hydrogens is 154 g/mol. The smallest absolute Gasteiger partial charge is 0.210 e. The number of benzene rings is 1. The van der Waals surface area contributed by atoms with E-state index in [0.717, 1.165) is 5.56 Å². The minimum atomic E-state index is -0.550. The van der Waals surface area contributed by atoms with E-state index in [-0.39, 0.29) is 6.61 Å². The predicted molar refractivity (Wildman–Crippen MR) is 47.0 cm³/mol. The number of hydrogen-bond acceptors (Lipinski definition) is 2. The summed E-state index contributed by atoms with van der Waals surface area (Å²) < 4.78 is 0.509. The van der Waals surface area contributed by atoms with Gasteiger partial charge in [0.25, 0.3) is 0 Å². The molecule has 1 aromatic carbocycles. The summed E-state index contributed by atoms with van der Waals surface area (Å²) in [5.41, 5.74) is 0.782. The van der Waals surface area contributed by atoms with E-state index in [9.17, 15) is 5.21 Å². The highest BCUT2D eigenvalue weighted by atomic mass is 16.5. The van der Waals surface area contributed by atoms with Gasteiger partial charge in [-0.25, -0.2) is 4.74 Å². The van der Waals surface area contributed by atoms with Crippen LogP contribution in [0.25, 0.3) is 0 Å². The van der Waals surface area contributed by atoms with Crippen molar-refractivity contribution in [2.45, 2.75) is 6.04 Å². The van der Waals surface area contributed by atoms with E-state index in [2.05, 4.69) is 6.72 Å². The molecule has 64 valence electrons. The molecule has 0 aliphatic heterocycles. The van der Waals surface area contributed by atoms with Crippen LogP contribution in [0.3, 0.4) is 0 Å². The molecule has 0 saturated carbocycles. The van der Waals surface area contributed by atoms with E-state index in [1.807, 2.05) is 18.2 Å². The normalized spacial score (nSPS) is 12.4. The largest absolute Gasteiger partial charge is 0.624 e. The zero-order chi connectivity index (χ0) is 8.97. The van der Waals surface area contributed by atoms with Crippen LogP contribution in [0.15, 0.2) is 30.3 Å². The highest BCUT2D eigenvalue weighted by Crippen LogP contribution is 2.14. The van der Waals surface area contributed by atoms with Crippen molar-refractivity contribution in [3.8, 4) is 0 Å². The monoisotopic (exact) mass is 165 g/mol. The first-order chi connectivity index (χ1) is 5.75. The summed E-state index contributed by atoms with van der Waals surface area (Å²) in [7, 11) is 0. The fourth-order valence-electron chi connectivity index (χ4n) is 1.04. The van der Waals surface area contributed by atoms with Crippen LogP contribution in [-0.2, 0) is 0 Å². The van der Waals surface area contributed by atoms with E-state index in [1.54, 1.807) is 12.1 Å². The zero-order valence-corrected chi connectivity index (χ0v) is 6.68. The van der Waals surface area contributed by atoms with Gasteiger partial charge < -0.3 is 10.3 Å². The summed E-state index contributed by atoms with van der Waals surface area (Å²) in [6.45, 7) is 2.99. The molecule has 0 aliphatic carbocycles. The molecule has 0 amide bonds. The lowest BCUT2D eigenvalue weighted by Gasteiger charge is -2.12. The summed E-state index contributed by atoms with van der Waals surface area (Å²) in [4.78, 5) is 0. The number of hydrogen-bond donors (Lipinski definition) is 1. The Bertz CT molecular complexity index is 258. The third kappa shape index (κ3) is 1.83. The molecule has 0 spiro atoms. The molecule has 0 unspecified atom stereocenters. The molecule has 1 N–H and O–H groups in total. The Balaban J connectivity index is 2.88. The summed E-state index contributed by atoms with van der Waals surface area (Å²) in [5.74, 6) is 0. The van der Waals surface area contributed by atoms with E-state index in [4.69, 9.17) is 5.11 Å². The average Bonchev–Trinajstić information content (AvgIpc) is 2.07. The van der Waals surface area contributed by atoms with E-state index < -0.39 is 6.04 Å². The first kappa shape index (κ1) is 8.74. The van der Waals surface area contributed by atoms with Gasteiger partial charge in [-0.3, -0.25) is 0 Å². The lowest BCUT2D eigenvalue weighted by molar-refractivity contribution is -0.503. The maximum atomic E-state index is 10.8. The molecule has 1 atom stereocenters. The van der Waals surface area contributed by atoms with Gasteiger partial charge in [0.1, 0.15) is 13.3 Å². The van der Waals surface area contributed by atoms with Crippen LogP contribution >= 0.6 is 0 Å². The van der Waals surface area contributed by atoms with Crippen LogP contribution in [0.4, 0.5) is 0 Å². The van der Waals surface area contributed by atoms with Gasteiger partial charge in [0.2, 0.25) is 6.04 Å². The Morgan fingerprint density at radius 1 is 1.42 bits per heavy atom. The molecule has 0 radical (unpaired) electrons. The Morgan fingerprint density at radius 2 is 2.00 bits per heavy atom. The highest BCUT2D eigenvalue weighted by molar-refractivity contribution is 5.20. The van der Waals surface area contributed by atoms with Crippen molar-refractivity contribution in [1.82, 2.24) is 0 Å². The number of nitrogens with zero attached hydrogens (tertiary/aromatic N) is 1. The van der Waals surface area contributed by atoms with Gasteiger partial charge in [-0.2, -0.15) is 0 Å². The minimum Gasteiger partial charge on any atom is -0.624 e. The van der Waals surface area contributed by atoms with Gasteiger partial charge in [0, 0.05) is 5.56 Å². The summed E-state index contributed by atoms with van der Waals surface area (Å²) in [5, 5.41) is 19.7. The first-order valence-electron chi connectivity index (χ1n) is 3.68. The number of aliphatic hydroxyl groups excluding tert-OH is 1. The SMILES string of the molecule is C=[N+]([O-])[C@@H](CO)c1ccccc1. The Hall–Kier alpha value is -1.35. The lowest BCUT2D eigenvalue weighted by atomic mass is 10.1. The van der Waals surface area contributed by atoms with E-state index >= 15 is 0 Å². The second kappa shape index (κ2) is 3.88. The van der Waals surface area contributed by atoms with Crippen molar-refractivity contribution in [2.75, 3.05) is 6.61 Å². The molecule has 0 bridgehead atoms. The Morgan fingerprint density at radius 3 is 2.42 bits per heavy atom. The molecule has 0 saturated heterocycles. The molecule has 1 rings (SSSR count). The van der Waals surface area contributed by atoms with Gasteiger partial charge in [-0.05, 0) is 0 Å². The minimum absolute atomic E-state index is 0.211. The van der Waals surface area contributed by atoms with Gasteiger partial charge in [-0.15, -0.1) is 0 Å². The van der Waals surface area contributed by atoms with Gasteiger partial charge in [0.15, 0.2) is 0 Å². The van der Waals surface area contributed by atoms with E-state index in [1.165, 1.54) is 0 Å². The average molecular weight is 165 g/mol. The van der Waals surface area contributed by atoms with Crippen LogP contribution in [0.5, 0.6) is 0 Å². The zero-order valence-electron chi connectivity index (χ0n) is 6.68. The Labute approximate surface area is 71.2 Å². The second-order valence-corrected chi connectivity index (χ2v) is 2.53. The third-order valence-electron chi connectivity index (χ3n) is 1.70. The van der Waals surface area contributed by atoms with Crippen LogP contribution < -0.4 is 0 Å². The maximum absolute atomic E-state index is 10.8. The first-order valence-corrected chi connectivity index (χ1v) is 3.68. The fraction of sp³-hybridized carbons (Fsp3) is 0.222. The van der Waals surface area contributed by atoms with Crippen molar-refractivity contribution in [1.29, 1.82) is 0 Å². The topological polar surface area (TPSA) is 46.3 Å². The van der Waals surface area contributed by atoms with Crippen molar-refractivity contribution >= 4 is 6.72 Å². The highest BCUT2D eigenvalue weighted by Gasteiger charge is 2.14. The van der Waals surface area contributed by atoms with Crippen molar-refractivity contribution in [2.24, 2.45) is 0 Å². The quantitative estimate of drug-likeness (QED) is 0.313.